The first-order chi connectivity index (χ1) is 10.1. The zero-order valence-corrected chi connectivity index (χ0v) is 14.0. The van der Waals surface area contributed by atoms with Gasteiger partial charge in [-0.2, -0.15) is 0 Å². The van der Waals surface area contributed by atoms with Crippen molar-refractivity contribution in [2.24, 2.45) is 0 Å². The molecule has 0 rings (SSSR count). The number of carbonyl (C=O) groups is 2. The zero-order chi connectivity index (χ0) is 16.1. The summed E-state index contributed by atoms with van der Waals surface area (Å²) in [6.07, 6.45) is 8.77. The molecule has 0 unspecified atom stereocenters. The van der Waals surface area contributed by atoms with Crippen molar-refractivity contribution in [2.75, 3.05) is 14.2 Å². The average Bonchev–Trinajstić information content (AvgIpc) is 2.51. The Hall–Kier alpha value is -1.32. The van der Waals surface area contributed by atoms with E-state index in [-0.39, 0.29) is 0 Å². The van der Waals surface area contributed by atoms with Gasteiger partial charge in [-0.05, 0) is 19.3 Å². The molecule has 0 heterocycles. The molecule has 0 amide bonds. The van der Waals surface area contributed by atoms with Crippen molar-refractivity contribution >= 4 is 11.9 Å². The molecule has 0 aromatic carbocycles. The standard InChI is InChI=1S/C17H30O4/c1-5-7-8-9-10-11-13-15(17(19)21-4)14(12-6-2)16(18)20-3/h5-13H2,1-4H3. The van der Waals surface area contributed by atoms with Crippen molar-refractivity contribution in [1.29, 1.82) is 0 Å². The first-order valence-corrected chi connectivity index (χ1v) is 8.00. The minimum atomic E-state index is -0.414. The van der Waals surface area contributed by atoms with E-state index >= 15 is 0 Å². The van der Waals surface area contributed by atoms with Crippen LogP contribution in [-0.2, 0) is 19.1 Å². The van der Waals surface area contributed by atoms with Gasteiger partial charge >= 0.3 is 11.9 Å². The van der Waals surface area contributed by atoms with E-state index in [9.17, 15) is 9.59 Å². The van der Waals surface area contributed by atoms with Crippen LogP contribution in [0.15, 0.2) is 11.1 Å². The van der Waals surface area contributed by atoms with E-state index in [0.717, 1.165) is 19.3 Å². The Morgan fingerprint density at radius 1 is 0.667 bits per heavy atom. The third kappa shape index (κ3) is 7.88. The quantitative estimate of drug-likeness (QED) is 0.326. The fourth-order valence-corrected chi connectivity index (χ4v) is 2.33. The predicted octanol–water partition coefficient (Wildman–Crippen LogP) is 4.18. The summed E-state index contributed by atoms with van der Waals surface area (Å²) in [6.45, 7) is 4.16. The molecule has 0 fully saturated rings. The molecule has 4 heteroatoms. The summed E-state index contributed by atoms with van der Waals surface area (Å²) in [7, 11) is 2.70. The number of hydrogen-bond acceptors (Lipinski definition) is 4. The Labute approximate surface area is 128 Å². The summed E-state index contributed by atoms with van der Waals surface area (Å²) in [5.41, 5.74) is 0.960. The van der Waals surface area contributed by atoms with Gasteiger partial charge in [0.25, 0.3) is 0 Å². The van der Waals surface area contributed by atoms with Gasteiger partial charge in [-0.15, -0.1) is 0 Å². The summed E-state index contributed by atoms with van der Waals surface area (Å²) in [4.78, 5) is 23.8. The van der Waals surface area contributed by atoms with E-state index < -0.39 is 11.9 Å². The topological polar surface area (TPSA) is 52.6 Å². The van der Waals surface area contributed by atoms with Crippen LogP contribution in [0.3, 0.4) is 0 Å². The number of unbranched alkanes of at least 4 members (excludes halogenated alkanes) is 5. The molecule has 122 valence electrons. The van der Waals surface area contributed by atoms with E-state index in [1.165, 1.54) is 39.9 Å². The summed E-state index contributed by atoms with van der Waals surface area (Å²) in [5, 5.41) is 0. The normalized spacial score (nSPS) is 11.8. The molecule has 0 spiro atoms. The summed E-state index contributed by atoms with van der Waals surface area (Å²) >= 11 is 0. The molecule has 0 aliphatic rings. The molecule has 0 atom stereocenters. The molecular formula is C17H30O4. The summed E-state index contributed by atoms with van der Waals surface area (Å²) in [6, 6.07) is 0. The van der Waals surface area contributed by atoms with E-state index in [1.54, 1.807) is 0 Å². The number of hydrogen-bond donors (Lipinski definition) is 0. The van der Waals surface area contributed by atoms with Gasteiger partial charge in [-0.1, -0.05) is 52.4 Å². The van der Waals surface area contributed by atoms with Gasteiger partial charge < -0.3 is 9.47 Å². The molecule has 0 aliphatic carbocycles. The van der Waals surface area contributed by atoms with E-state index in [2.05, 4.69) is 6.92 Å². The fraction of sp³-hybridized carbons (Fsp3) is 0.765. The lowest BCUT2D eigenvalue weighted by Gasteiger charge is -2.12. The highest BCUT2D eigenvalue weighted by molar-refractivity contribution is 6.00. The van der Waals surface area contributed by atoms with Crippen LogP contribution < -0.4 is 0 Å². The molecule has 0 N–H and O–H groups in total. The van der Waals surface area contributed by atoms with Crippen LogP contribution in [0.4, 0.5) is 0 Å². The molecule has 0 bridgehead atoms. The monoisotopic (exact) mass is 298 g/mol. The molecule has 0 aromatic rings. The third-order valence-electron chi connectivity index (χ3n) is 3.51. The number of esters is 2. The fourth-order valence-electron chi connectivity index (χ4n) is 2.33. The number of methoxy groups -OCH3 is 2. The Morgan fingerprint density at radius 2 is 1.14 bits per heavy atom. The van der Waals surface area contributed by atoms with Crippen molar-refractivity contribution in [3.05, 3.63) is 11.1 Å². The maximum absolute atomic E-state index is 11.9. The summed E-state index contributed by atoms with van der Waals surface area (Å²) in [5.74, 6) is -0.819. The lowest BCUT2D eigenvalue weighted by atomic mass is 9.97. The molecule has 0 saturated carbocycles. The first-order valence-electron chi connectivity index (χ1n) is 8.00. The molecule has 4 nitrogen and oxygen atoms in total. The van der Waals surface area contributed by atoms with Crippen LogP contribution >= 0.6 is 0 Å². The van der Waals surface area contributed by atoms with Gasteiger partial charge in [0.15, 0.2) is 0 Å². The van der Waals surface area contributed by atoms with E-state index in [1.807, 2.05) is 6.92 Å². The number of rotatable bonds is 11. The largest absolute Gasteiger partial charge is 0.466 e. The van der Waals surface area contributed by atoms with E-state index in [4.69, 9.17) is 9.47 Å². The lowest BCUT2D eigenvalue weighted by molar-refractivity contribution is -0.139. The smallest absolute Gasteiger partial charge is 0.334 e. The molecule has 0 aromatic heterocycles. The molecule has 21 heavy (non-hydrogen) atoms. The maximum atomic E-state index is 11.9. The van der Waals surface area contributed by atoms with Gasteiger partial charge in [0.05, 0.1) is 14.2 Å². The van der Waals surface area contributed by atoms with Crippen LogP contribution in [0, 0.1) is 0 Å². The number of ether oxygens (including phenoxy) is 2. The van der Waals surface area contributed by atoms with Crippen LogP contribution in [0.25, 0.3) is 0 Å². The van der Waals surface area contributed by atoms with Gasteiger partial charge in [0.2, 0.25) is 0 Å². The van der Waals surface area contributed by atoms with Crippen molar-refractivity contribution in [3.63, 3.8) is 0 Å². The van der Waals surface area contributed by atoms with Crippen LogP contribution in [0.5, 0.6) is 0 Å². The minimum Gasteiger partial charge on any atom is -0.466 e. The molecular weight excluding hydrogens is 268 g/mol. The predicted molar refractivity (Wildman–Crippen MR) is 84.0 cm³/mol. The first kappa shape index (κ1) is 19.7. The van der Waals surface area contributed by atoms with Gasteiger partial charge in [-0.25, -0.2) is 9.59 Å². The Kier molecular flexibility index (Phi) is 11.6. The Bertz CT molecular complexity index is 345. The Balaban J connectivity index is 4.75. The van der Waals surface area contributed by atoms with Crippen LogP contribution in [-0.4, -0.2) is 26.2 Å². The van der Waals surface area contributed by atoms with E-state index in [0.29, 0.717) is 24.0 Å². The highest BCUT2D eigenvalue weighted by atomic mass is 16.5. The lowest BCUT2D eigenvalue weighted by Crippen LogP contribution is -2.15. The van der Waals surface area contributed by atoms with Crippen molar-refractivity contribution in [3.8, 4) is 0 Å². The SMILES string of the molecule is CCCCCCCCC(C(=O)OC)=C(CCC)C(=O)OC. The molecule has 0 saturated heterocycles. The molecule has 0 aliphatic heterocycles. The third-order valence-corrected chi connectivity index (χ3v) is 3.51. The number of carbonyl (C=O) groups excluding carboxylic acids is 2. The van der Waals surface area contributed by atoms with Crippen molar-refractivity contribution in [2.45, 2.75) is 71.6 Å². The Morgan fingerprint density at radius 3 is 1.62 bits per heavy atom. The van der Waals surface area contributed by atoms with Crippen LogP contribution in [0.2, 0.25) is 0 Å². The second-order valence-corrected chi connectivity index (χ2v) is 5.21. The van der Waals surface area contributed by atoms with Gasteiger partial charge in [-0.3, -0.25) is 0 Å². The summed E-state index contributed by atoms with van der Waals surface area (Å²) < 4.78 is 9.62. The van der Waals surface area contributed by atoms with Gasteiger partial charge in [0, 0.05) is 11.1 Å². The second-order valence-electron chi connectivity index (χ2n) is 5.21. The maximum Gasteiger partial charge on any atom is 0.334 e. The highest BCUT2D eigenvalue weighted by Crippen LogP contribution is 2.21. The highest BCUT2D eigenvalue weighted by Gasteiger charge is 2.21. The average molecular weight is 298 g/mol. The molecule has 0 radical (unpaired) electrons. The van der Waals surface area contributed by atoms with Crippen molar-refractivity contribution in [1.82, 2.24) is 0 Å². The minimum absolute atomic E-state index is 0.405. The van der Waals surface area contributed by atoms with Crippen molar-refractivity contribution < 1.29 is 19.1 Å². The van der Waals surface area contributed by atoms with Gasteiger partial charge in [0.1, 0.15) is 0 Å². The zero-order valence-electron chi connectivity index (χ0n) is 14.0. The van der Waals surface area contributed by atoms with Crippen LogP contribution in [0.1, 0.15) is 71.6 Å². The second kappa shape index (κ2) is 12.4.